The molecule has 5 heteroatoms. The van der Waals surface area contributed by atoms with E-state index in [9.17, 15) is 5.11 Å². The average Bonchev–Trinajstić information content (AvgIpc) is 3.14. The van der Waals surface area contributed by atoms with Crippen LogP contribution in [0.1, 0.15) is 118 Å². The van der Waals surface area contributed by atoms with Crippen LogP contribution in [0.25, 0.3) is 11.3 Å². The second-order valence-electron chi connectivity index (χ2n) is 18.5. The molecule has 3 unspecified atom stereocenters. The van der Waals surface area contributed by atoms with Crippen molar-refractivity contribution in [3.63, 3.8) is 0 Å². The summed E-state index contributed by atoms with van der Waals surface area (Å²) < 4.78 is 5.10. The number of aryl methyl sites for hydroxylation is 1. The molecule has 2 saturated carbocycles. The molecule has 2 fully saturated rings. The average molecular weight is 732 g/mol. The molecule has 53 heavy (non-hydrogen) atoms. The summed E-state index contributed by atoms with van der Waals surface area (Å²) in [6.45, 7) is 26.4. The molecule has 0 saturated heterocycles. The quantitative estimate of drug-likeness (QED) is 0.0707. The van der Waals surface area contributed by atoms with Crippen LogP contribution in [0.4, 0.5) is 0 Å². The van der Waals surface area contributed by atoms with Crippen LogP contribution in [0, 0.1) is 24.2 Å². The minimum atomic E-state index is -1.69. The molecule has 3 aromatic rings. The highest BCUT2D eigenvalue weighted by Gasteiger charge is 2.45. The van der Waals surface area contributed by atoms with Crippen molar-refractivity contribution < 1.29 is 14.2 Å². The summed E-state index contributed by atoms with van der Waals surface area (Å²) in [6, 6.07) is 16.7. The van der Waals surface area contributed by atoms with Crippen LogP contribution in [0.2, 0.25) is 19.6 Å². The van der Waals surface area contributed by atoms with Crippen LogP contribution in [0.5, 0.6) is 0 Å². The van der Waals surface area contributed by atoms with Crippen molar-refractivity contribution in [2.75, 3.05) is 6.54 Å². The molecule has 4 nitrogen and oxygen atoms in total. The Bertz CT molecular complexity index is 1780. The molecule has 284 valence electrons. The van der Waals surface area contributed by atoms with Crippen LogP contribution in [0.15, 0.2) is 92.1 Å². The van der Waals surface area contributed by atoms with Gasteiger partial charge in [0.1, 0.15) is 0 Å². The van der Waals surface area contributed by atoms with Gasteiger partial charge in [0.15, 0.2) is 36.6 Å². The Morgan fingerprint density at radius 3 is 2.23 bits per heavy atom. The summed E-state index contributed by atoms with van der Waals surface area (Å²) in [6.07, 6.45) is 25.1. The first-order valence-corrected chi connectivity index (χ1v) is 24.4. The minimum absolute atomic E-state index is 0.0110. The monoisotopic (exact) mass is 732 g/mol. The van der Waals surface area contributed by atoms with E-state index in [-0.39, 0.29) is 23.3 Å². The third-order valence-corrected chi connectivity index (χ3v) is 15.2. The van der Waals surface area contributed by atoms with Gasteiger partial charge in [0.05, 0.1) is 19.6 Å². The molecule has 0 bridgehead atoms. The van der Waals surface area contributed by atoms with E-state index in [1.165, 1.54) is 111 Å². The third kappa shape index (κ3) is 9.45. The number of aliphatic hydroxyl groups is 1. The summed E-state index contributed by atoms with van der Waals surface area (Å²) in [5.74, 6) is 1.88. The van der Waals surface area contributed by atoms with Crippen molar-refractivity contribution in [2.45, 2.75) is 142 Å². The molecule has 6 rings (SSSR count). The van der Waals surface area contributed by atoms with Gasteiger partial charge in [-0.05, 0) is 66.9 Å². The maximum absolute atomic E-state index is 9.91. The molecular weight excluding hydrogens is 663 g/mol. The zero-order valence-electron chi connectivity index (χ0n) is 33.9. The molecule has 0 amide bonds. The van der Waals surface area contributed by atoms with E-state index in [4.69, 9.17) is 6.58 Å². The Kier molecular flexibility index (Phi) is 12.5. The Morgan fingerprint density at radius 2 is 1.60 bits per heavy atom. The molecule has 3 heterocycles. The van der Waals surface area contributed by atoms with Gasteiger partial charge >= 0.3 is 0 Å². The summed E-state index contributed by atoms with van der Waals surface area (Å²) in [7, 11) is -1.69. The number of allylic oxidation sites excluding steroid dienone is 1. The van der Waals surface area contributed by atoms with Gasteiger partial charge in [0.2, 0.25) is 5.69 Å². The number of hydrogen-bond donors (Lipinski definition) is 2. The van der Waals surface area contributed by atoms with Crippen LogP contribution < -0.4 is 19.6 Å². The normalized spacial score (nSPS) is 20.5. The summed E-state index contributed by atoms with van der Waals surface area (Å²) in [5, 5.41) is 14.6. The van der Waals surface area contributed by atoms with E-state index < -0.39 is 8.07 Å². The number of fused-ring (bicyclic) bond motifs is 3. The number of nitrogens with one attached hydrogen (secondary N) is 1. The largest absolute Gasteiger partial charge is 0.495 e. The number of rotatable bonds is 15. The Balaban J connectivity index is 1.40. The molecule has 2 aromatic heterocycles. The van der Waals surface area contributed by atoms with Crippen molar-refractivity contribution in [1.82, 2.24) is 5.32 Å². The SMILES string of the molecule is C=CC(C)(CCC1c2ccccc2-c2cc(CC3CCCCC3)c([Si](C)(C)C)c[n+]2C1C(=C)C[n+]1ccc(CC2CCCCC2)cc1C)CNC(=C)O. The second-order valence-corrected chi connectivity index (χ2v) is 23.5. The van der Waals surface area contributed by atoms with Crippen molar-refractivity contribution in [3.8, 4) is 11.3 Å². The van der Waals surface area contributed by atoms with Crippen molar-refractivity contribution in [1.29, 1.82) is 0 Å². The number of aliphatic hydroxyl groups excluding tert-OH is 1. The van der Waals surface area contributed by atoms with Crippen molar-refractivity contribution in [3.05, 3.63) is 115 Å². The van der Waals surface area contributed by atoms with Crippen LogP contribution in [-0.4, -0.2) is 19.7 Å². The number of hydrogen-bond acceptors (Lipinski definition) is 2. The van der Waals surface area contributed by atoms with Crippen LogP contribution >= 0.6 is 0 Å². The van der Waals surface area contributed by atoms with Crippen LogP contribution in [-0.2, 0) is 19.4 Å². The molecule has 3 atom stereocenters. The first-order chi connectivity index (χ1) is 25.3. The van der Waals surface area contributed by atoms with Crippen molar-refractivity contribution in [2.24, 2.45) is 17.3 Å². The Labute approximate surface area is 323 Å². The van der Waals surface area contributed by atoms with E-state index in [1.807, 2.05) is 0 Å². The lowest BCUT2D eigenvalue weighted by Crippen LogP contribution is -2.55. The number of nitrogens with zero attached hydrogens (tertiary/aromatic N) is 2. The maximum Gasteiger partial charge on any atom is 0.213 e. The maximum atomic E-state index is 9.91. The molecular formula is C48H69N3OSi+2. The zero-order valence-corrected chi connectivity index (χ0v) is 34.9. The topological polar surface area (TPSA) is 40.0 Å². The van der Waals surface area contributed by atoms with Gasteiger partial charge in [-0.3, -0.25) is 0 Å². The number of pyridine rings is 2. The highest BCUT2D eigenvalue weighted by molar-refractivity contribution is 6.89. The third-order valence-electron chi connectivity index (χ3n) is 13.1. The summed E-state index contributed by atoms with van der Waals surface area (Å²) >= 11 is 0. The highest BCUT2D eigenvalue weighted by Crippen LogP contribution is 2.45. The van der Waals surface area contributed by atoms with Gasteiger partial charge in [-0.15, -0.1) is 6.58 Å². The lowest BCUT2D eigenvalue weighted by molar-refractivity contribution is -0.727. The molecule has 3 aliphatic rings. The Hall–Kier alpha value is -3.44. The highest BCUT2D eigenvalue weighted by atomic mass is 28.3. The molecule has 1 aliphatic heterocycles. The first-order valence-electron chi connectivity index (χ1n) is 20.9. The lowest BCUT2D eigenvalue weighted by atomic mass is 9.74. The number of benzene rings is 1. The van der Waals surface area contributed by atoms with Crippen LogP contribution in [0.3, 0.4) is 0 Å². The van der Waals surface area contributed by atoms with E-state index in [0.717, 1.165) is 31.2 Å². The van der Waals surface area contributed by atoms with Gasteiger partial charge in [-0.1, -0.05) is 122 Å². The second kappa shape index (κ2) is 16.9. The van der Waals surface area contributed by atoms with E-state index in [0.29, 0.717) is 6.54 Å². The zero-order chi connectivity index (χ0) is 37.8. The van der Waals surface area contributed by atoms with E-state index in [2.05, 4.69) is 122 Å². The molecule has 0 radical (unpaired) electrons. The molecule has 0 spiro atoms. The van der Waals surface area contributed by atoms with Gasteiger partial charge < -0.3 is 10.4 Å². The van der Waals surface area contributed by atoms with Gasteiger partial charge in [-0.25, -0.2) is 0 Å². The fraction of sp³-hybridized carbons (Fsp3) is 0.542. The van der Waals surface area contributed by atoms with Crippen molar-refractivity contribution >= 4 is 13.3 Å². The molecule has 1 aromatic carbocycles. The fourth-order valence-corrected chi connectivity index (χ4v) is 11.6. The first kappa shape index (κ1) is 39.3. The predicted octanol–water partition coefficient (Wildman–Crippen LogP) is 10.5. The summed E-state index contributed by atoms with van der Waals surface area (Å²) in [5.41, 5.74) is 9.59. The van der Waals surface area contributed by atoms with E-state index >= 15 is 0 Å². The minimum Gasteiger partial charge on any atom is -0.495 e. The molecule has 2 N–H and O–H groups in total. The smallest absolute Gasteiger partial charge is 0.213 e. The molecule has 2 aliphatic carbocycles. The van der Waals surface area contributed by atoms with E-state index in [1.54, 1.807) is 10.8 Å². The van der Waals surface area contributed by atoms with Gasteiger partial charge in [-0.2, -0.15) is 9.13 Å². The van der Waals surface area contributed by atoms with Gasteiger partial charge in [0.25, 0.3) is 0 Å². The lowest BCUT2D eigenvalue weighted by Gasteiger charge is -2.35. The standard InChI is InChI=1S/C48H68N3OSi/c1-9-48(5,34-49-37(4)52)26-24-44-42-22-16-17-23-43(42)45-31-41(30-39-20-14-11-15-21-39)46(53(6,7)8)33-51(45)47(44)35(2)32-50-27-25-40(28-36(50)3)29-38-18-12-10-13-19-38/h9,16-17,22-23,25,27-28,31,33,38-39,44,47,49H,1-2,4,10-15,18-21,24,26,29-30,32,34H2,3,5-8H3/q+1/p+1. The van der Waals surface area contributed by atoms with Gasteiger partial charge in [0, 0.05) is 47.8 Å². The summed E-state index contributed by atoms with van der Waals surface area (Å²) in [4.78, 5) is 0. The number of aromatic nitrogens is 2. The predicted molar refractivity (Wildman–Crippen MR) is 225 cm³/mol. The Morgan fingerprint density at radius 1 is 0.943 bits per heavy atom. The fourth-order valence-electron chi connectivity index (χ4n) is 9.91.